The Kier molecular flexibility index (Phi) is 6.64. The fraction of sp³-hybridized carbons (Fsp3) is 0.688. The number of guanidine groups is 1. The molecule has 2 heterocycles. The van der Waals surface area contributed by atoms with E-state index in [-0.39, 0.29) is 6.04 Å². The molecule has 1 N–H and O–H groups in total. The summed E-state index contributed by atoms with van der Waals surface area (Å²) in [6.07, 6.45) is 2.94. The monoisotopic (exact) mass is 324 g/mol. The van der Waals surface area contributed by atoms with Crippen molar-refractivity contribution in [1.29, 1.82) is 0 Å². The second-order valence-corrected chi connectivity index (χ2v) is 7.18. The van der Waals surface area contributed by atoms with Gasteiger partial charge in [-0.05, 0) is 32.6 Å². The van der Waals surface area contributed by atoms with E-state index in [0.717, 1.165) is 31.4 Å². The maximum absolute atomic E-state index is 5.56. The first-order valence-corrected chi connectivity index (χ1v) is 8.97. The van der Waals surface area contributed by atoms with Crippen LogP contribution in [-0.4, -0.2) is 67.5 Å². The number of thioether (sulfide) groups is 1. The van der Waals surface area contributed by atoms with E-state index in [1.165, 1.54) is 12.2 Å². The number of furan rings is 1. The minimum atomic E-state index is 0.202. The first-order valence-electron chi connectivity index (χ1n) is 7.92. The maximum atomic E-state index is 5.56. The summed E-state index contributed by atoms with van der Waals surface area (Å²) in [5, 5.41) is 4.23. The third kappa shape index (κ3) is 4.43. The summed E-state index contributed by atoms with van der Waals surface area (Å²) in [6, 6.07) is 4.17. The van der Waals surface area contributed by atoms with Crippen molar-refractivity contribution >= 4 is 17.7 Å². The summed E-state index contributed by atoms with van der Waals surface area (Å²) in [4.78, 5) is 9.01. The van der Waals surface area contributed by atoms with Gasteiger partial charge in [-0.2, -0.15) is 11.8 Å². The van der Waals surface area contributed by atoms with Gasteiger partial charge in [0.1, 0.15) is 5.76 Å². The van der Waals surface area contributed by atoms with Crippen LogP contribution >= 0.6 is 11.8 Å². The Hall–Kier alpha value is -1.14. The highest BCUT2D eigenvalue weighted by Gasteiger charge is 2.23. The Morgan fingerprint density at radius 2 is 2.41 bits per heavy atom. The Morgan fingerprint density at radius 3 is 3.00 bits per heavy atom. The largest absolute Gasteiger partial charge is 0.468 e. The topological polar surface area (TPSA) is 44.0 Å². The predicted molar refractivity (Wildman–Crippen MR) is 94.6 cm³/mol. The molecule has 0 spiro atoms. The lowest BCUT2D eigenvalue weighted by atomic mass is 10.2. The van der Waals surface area contributed by atoms with Crippen molar-refractivity contribution in [3.05, 3.63) is 24.2 Å². The van der Waals surface area contributed by atoms with Gasteiger partial charge in [0.2, 0.25) is 0 Å². The Morgan fingerprint density at radius 1 is 1.59 bits per heavy atom. The molecule has 0 saturated carbocycles. The van der Waals surface area contributed by atoms with Gasteiger partial charge in [-0.15, -0.1) is 0 Å². The number of aliphatic imine (C=N–C) groups is 1. The van der Waals surface area contributed by atoms with Gasteiger partial charge >= 0.3 is 0 Å². The average Bonchev–Trinajstić information content (AvgIpc) is 3.05. The van der Waals surface area contributed by atoms with Gasteiger partial charge in [0.25, 0.3) is 0 Å². The minimum absolute atomic E-state index is 0.202. The molecule has 0 amide bonds. The summed E-state index contributed by atoms with van der Waals surface area (Å²) in [7, 11) is 6.01. The molecule has 5 nitrogen and oxygen atoms in total. The van der Waals surface area contributed by atoms with E-state index < -0.39 is 0 Å². The lowest BCUT2D eigenvalue weighted by molar-refractivity contribution is 0.255. The quantitative estimate of drug-likeness (QED) is 0.665. The molecule has 22 heavy (non-hydrogen) atoms. The highest BCUT2D eigenvalue weighted by atomic mass is 32.2. The second kappa shape index (κ2) is 8.48. The molecule has 1 aromatic heterocycles. The van der Waals surface area contributed by atoms with Gasteiger partial charge in [-0.3, -0.25) is 9.89 Å². The molecule has 1 aromatic rings. The molecule has 124 valence electrons. The third-order valence-corrected chi connectivity index (χ3v) is 5.43. The number of likely N-dealkylation sites (N-methyl/N-ethyl adjacent to an activating group) is 1. The van der Waals surface area contributed by atoms with Crippen molar-refractivity contribution < 1.29 is 4.42 Å². The van der Waals surface area contributed by atoms with Gasteiger partial charge in [-0.1, -0.05) is 6.92 Å². The van der Waals surface area contributed by atoms with Gasteiger partial charge in [-0.25, -0.2) is 0 Å². The van der Waals surface area contributed by atoms with Crippen LogP contribution < -0.4 is 5.32 Å². The maximum Gasteiger partial charge on any atom is 0.193 e. The number of hydrogen-bond acceptors (Lipinski definition) is 4. The van der Waals surface area contributed by atoms with Gasteiger partial charge < -0.3 is 14.6 Å². The normalized spacial score (nSPS) is 21.2. The van der Waals surface area contributed by atoms with E-state index in [9.17, 15) is 0 Å². The first-order chi connectivity index (χ1) is 10.7. The van der Waals surface area contributed by atoms with E-state index in [0.29, 0.717) is 5.25 Å². The Labute approximate surface area is 138 Å². The molecule has 0 aromatic carbocycles. The van der Waals surface area contributed by atoms with Crippen molar-refractivity contribution in [2.24, 2.45) is 4.99 Å². The summed E-state index contributed by atoms with van der Waals surface area (Å²) < 4.78 is 5.56. The Bertz CT molecular complexity index is 461. The minimum Gasteiger partial charge on any atom is -0.468 e. The fourth-order valence-electron chi connectivity index (χ4n) is 2.70. The smallest absolute Gasteiger partial charge is 0.193 e. The molecule has 2 atom stereocenters. The SMILES string of the molecule is CCC1CN(C(=NC)NCC(c2ccco2)N(C)C)CCS1. The van der Waals surface area contributed by atoms with E-state index in [4.69, 9.17) is 4.42 Å². The Balaban J connectivity index is 1.95. The van der Waals surface area contributed by atoms with Crippen molar-refractivity contribution in [2.45, 2.75) is 24.6 Å². The molecule has 0 aliphatic carbocycles. The molecule has 2 rings (SSSR count). The van der Waals surface area contributed by atoms with Crippen LogP contribution in [0.3, 0.4) is 0 Å². The first kappa shape index (κ1) is 17.2. The number of nitrogens with one attached hydrogen (secondary N) is 1. The summed E-state index contributed by atoms with van der Waals surface area (Å²) in [5.74, 6) is 3.15. The third-order valence-electron chi connectivity index (χ3n) is 4.05. The zero-order valence-corrected chi connectivity index (χ0v) is 14.9. The zero-order chi connectivity index (χ0) is 15.9. The van der Waals surface area contributed by atoms with Crippen LogP contribution in [0.2, 0.25) is 0 Å². The lowest BCUT2D eigenvalue weighted by Crippen LogP contribution is -2.49. The van der Waals surface area contributed by atoms with Crippen LogP contribution in [0.25, 0.3) is 0 Å². The number of hydrogen-bond donors (Lipinski definition) is 1. The van der Waals surface area contributed by atoms with E-state index in [1.807, 2.05) is 19.2 Å². The average molecular weight is 324 g/mol. The van der Waals surface area contributed by atoms with Crippen molar-refractivity contribution in [3.63, 3.8) is 0 Å². The van der Waals surface area contributed by atoms with E-state index in [1.54, 1.807) is 6.26 Å². The highest BCUT2D eigenvalue weighted by molar-refractivity contribution is 8.00. The van der Waals surface area contributed by atoms with Crippen LogP contribution in [0, 0.1) is 0 Å². The van der Waals surface area contributed by atoms with Crippen LogP contribution in [0.15, 0.2) is 27.8 Å². The standard InChI is InChI=1S/C16H28N4OS/c1-5-13-12-20(8-10-22-13)16(17-2)18-11-14(19(3)4)15-7-6-9-21-15/h6-7,9,13-14H,5,8,10-12H2,1-4H3,(H,17,18). The molecule has 0 radical (unpaired) electrons. The molecule has 0 bridgehead atoms. The summed E-state index contributed by atoms with van der Waals surface area (Å²) in [5.41, 5.74) is 0. The molecule has 6 heteroatoms. The van der Waals surface area contributed by atoms with Crippen molar-refractivity contribution in [1.82, 2.24) is 15.1 Å². The predicted octanol–water partition coefficient (Wildman–Crippen LogP) is 2.29. The number of rotatable bonds is 5. The van der Waals surface area contributed by atoms with E-state index in [2.05, 4.69) is 52.9 Å². The number of nitrogens with zero attached hydrogens (tertiary/aromatic N) is 3. The lowest BCUT2D eigenvalue weighted by Gasteiger charge is -2.35. The van der Waals surface area contributed by atoms with Crippen LogP contribution in [-0.2, 0) is 0 Å². The van der Waals surface area contributed by atoms with Gasteiger partial charge in [0.15, 0.2) is 5.96 Å². The van der Waals surface area contributed by atoms with Gasteiger partial charge in [0, 0.05) is 37.7 Å². The molecular weight excluding hydrogens is 296 g/mol. The van der Waals surface area contributed by atoms with Crippen LogP contribution in [0.5, 0.6) is 0 Å². The van der Waals surface area contributed by atoms with Crippen LogP contribution in [0.1, 0.15) is 25.1 Å². The molecular formula is C16H28N4OS. The van der Waals surface area contributed by atoms with Crippen LogP contribution in [0.4, 0.5) is 0 Å². The molecule has 1 aliphatic rings. The molecule has 1 saturated heterocycles. The van der Waals surface area contributed by atoms with E-state index >= 15 is 0 Å². The molecule has 1 fully saturated rings. The summed E-state index contributed by atoms with van der Waals surface area (Å²) >= 11 is 2.07. The molecule has 1 aliphatic heterocycles. The van der Waals surface area contributed by atoms with Crippen molar-refractivity contribution in [2.75, 3.05) is 46.5 Å². The molecule has 2 unspecified atom stereocenters. The fourth-order valence-corrected chi connectivity index (χ4v) is 3.88. The van der Waals surface area contributed by atoms with Crippen molar-refractivity contribution in [3.8, 4) is 0 Å². The zero-order valence-electron chi connectivity index (χ0n) is 14.1. The van der Waals surface area contributed by atoms with Gasteiger partial charge in [0.05, 0.1) is 12.3 Å². The second-order valence-electron chi connectivity index (χ2n) is 5.77. The highest BCUT2D eigenvalue weighted by Crippen LogP contribution is 2.21. The summed E-state index contributed by atoms with van der Waals surface area (Å²) in [6.45, 7) is 5.19.